The van der Waals surface area contributed by atoms with E-state index in [1.807, 2.05) is 20.8 Å². The summed E-state index contributed by atoms with van der Waals surface area (Å²) in [6.45, 7) is 7.87. The molecule has 0 saturated carbocycles. The SMILES string of the molecule is CC(C)(C)c1cc(NC(=O)C(C)(C)S(=O)(=O)c2cccc(OC(F)(F)F)c2)no1. The van der Waals surface area contributed by atoms with Crippen LogP contribution < -0.4 is 10.1 Å². The Bertz CT molecular complexity index is 1000. The summed E-state index contributed by atoms with van der Waals surface area (Å²) in [6, 6.07) is 5.32. The molecule has 0 saturated heterocycles. The van der Waals surface area contributed by atoms with Crippen molar-refractivity contribution in [3.05, 3.63) is 36.1 Å². The smallest absolute Gasteiger partial charge is 0.406 e. The van der Waals surface area contributed by atoms with Crippen molar-refractivity contribution in [2.45, 2.75) is 56.0 Å². The van der Waals surface area contributed by atoms with E-state index in [0.717, 1.165) is 32.0 Å². The summed E-state index contributed by atoms with van der Waals surface area (Å²) in [5.74, 6) is -1.13. The Morgan fingerprint density at radius 2 is 1.72 bits per heavy atom. The Labute approximate surface area is 166 Å². The summed E-state index contributed by atoms with van der Waals surface area (Å²) in [5, 5.41) is 6.07. The van der Waals surface area contributed by atoms with E-state index >= 15 is 0 Å². The molecule has 1 N–H and O–H groups in total. The molecule has 0 aliphatic heterocycles. The van der Waals surface area contributed by atoms with Gasteiger partial charge in [0.1, 0.15) is 16.3 Å². The van der Waals surface area contributed by atoms with E-state index in [2.05, 4.69) is 15.2 Å². The van der Waals surface area contributed by atoms with Crippen LogP contribution in [-0.2, 0) is 20.0 Å². The lowest BCUT2D eigenvalue weighted by Crippen LogP contribution is -2.44. The Kier molecular flexibility index (Phi) is 5.77. The van der Waals surface area contributed by atoms with Gasteiger partial charge in [0.05, 0.1) is 4.90 Å². The molecule has 0 unspecified atom stereocenters. The molecule has 1 heterocycles. The molecule has 0 spiro atoms. The number of nitrogens with one attached hydrogen (secondary N) is 1. The molecule has 1 amide bonds. The Morgan fingerprint density at radius 3 is 2.24 bits per heavy atom. The van der Waals surface area contributed by atoms with Crippen LogP contribution in [0.2, 0.25) is 0 Å². The minimum Gasteiger partial charge on any atom is -0.406 e. The number of alkyl halides is 3. The number of carbonyl (C=O) groups is 1. The van der Waals surface area contributed by atoms with Gasteiger partial charge >= 0.3 is 6.36 Å². The van der Waals surface area contributed by atoms with Gasteiger partial charge in [-0.3, -0.25) is 4.79 Å². The van der Waals surface area contributed by atoms with E-state index in [4.69, 9.17) is 4.52 Å². The standard InChI is InChI=1S/C18H21F3N2O5S/c1-16(2,3)13-10-14(23-28-13)22-15(24)17(4,5)29(25,26)12-8-6-7-11(9-12)27-18(19,20)21/h6-10H,1-5H3,(H,22,23,24). The summed E-state index contributed by atoms with van der Waals surface area (Å²) in [7, 11) is -4.38. The number of nitrogens with zero attached hydrogens (tertiary/aromatic N) is 1. The molecule has 0 atom stereocenters. The summed E-state index contributed by atoms with van der Waals surface area (Å²) < 4.78 is 69.9. The van der Waals surface area contributed by atoms with E-state index < -0.39 is 37.5 Å². The quantitative estimate of drug-likeness (QED) is 0.762. The number of rotatable bonds is 5. The zero-order valence-corrected chi connectivity index (χ0v) is 17.2. The van der Waals surface area contributed by atoms with Gasteiger partial charge in [-0.05, 0) is 32.0 Å². The van der Waals surface area contributed by atoms with Crippen LogP contribution in [0.1, 0.15) is 40.4 Å². The second kappa shape index (κ2) is 7.36. The van der Waals surface area contributed by atoms with Gasteiger partial charge in [-0.25, -0.2) is 8.42 Å². The first-order chi connectivity index (χ1) is 13.0. The topological polar surface area (TPSA) is 98.5 Å². The maximum atomic E-state index is 12.9. The fourth-order valence-electron chi connectivity index (χ4n) is 2.21. The first-order valence-electron chi connectivity index (χ1n) is 8.43. The van der Waals surface area contributed by atoms with Crippen molar-refractivity contribution in [2.75, 3.05) is 5.32 Å². The summed E-state index contributed by atoms with van der Waals surface area (Å²) in [6.07, 6.45) is -4.98. The van der Waals surface area contributed by atoms with Crippen molar-refractivity contribution in [3.8, 4) is 5.75 Å². The predicted octanol–water partition coefficient (Wildman–Crippen LogP) is 4.06. The molecule has 2 rings (SSSR count). The first-order valence-corrected chi connectivity index (χ1v) is 9.91. The zero-order valence-electron chi connectivity index (χ0n) is 16.4. The molecule has 1 aromatic heterocycles. The molecule has 2 aromatic rings. The molecule has 1 aromatic carbocycles. The van der Waals surface area contributed by atoms with Crippen LogP contribution in [-0.4, -0.2) is 30.6 Å². The van der Waals surface area contributed by atoms with Crippen LogP contribution in [0.3, 0.4) is 0 Å². The monoisotopic (exact) mass is 434 g/mol. The molecule has 0 bridgehead atoms. The largest absolute Gasteiger partial charge is 0.573 e. The average molecular weight is 434 g/mol. The fourth-order valence-corrected chi connectivity index (χ4v) is 3.62. The zero-order chi connectivity index (χ0) is 22.3. The number of ether oxygens (including phenoxy) is 1. The highest BCUT2D eigenvalue weighted by atomic mass is 32.2. The number of halogens is 3. The van der Waals surface area contributed by atoms with Crippen molar-refractivity contribution in [1.29, 1.82) is 0 Å². The third-order valence-electron chi connectivity index (χ3n) is 4.06. The van der Waals surface area contributed by atoms with Crippen LogP contribution >= 0.6 is 0 Å². The minimum atomic E-state index is -4.98. The molecule has 160 valence electrons. The molecular formula is C18H21F3N2O5S. The van der Waals surface area contributed by atoms with Crippen LogP contribution in [0.15, 0.2) is 39.8 Å². The highest BCUT2D eigenvalue weighted by Crippen LogP contribution is 2.31. The van der Waals surface area contributed by atoms with E-state index in [1.165, 1.54) is 6.07 Å². The van der Waals surface area contributed by atoms with E-state index in [1.54, 1.807) is 0 Å². The molecule has 7 nitrogen and oxygen atoms in total. The van der Waals surface area contributed by atoms with Gasteiger partial charge in [0, 0.05) is 11.5 Å². The Hall–Kier alpha value is -2.56. The highest BCUT2D eigenvalue weighted by molar-refractivity contribution is 7.93. The third kappa shape index (κ3) is 5.08. The van der Waals surface area contributed by atoms with Gasteiger partial charge in [-0.2, -0.15) is 0 Å². The van der Waals surface area contributed by atoms with Crippen molar-refractivity contribution in [1.82, 2.24) is 5.16 Å². The van der Waals surface area contributed by atoms with Gasteiger partial charge in [0.15, 0.2) is 15.7 Å². The highest BCUT2D eigenvalue weighted by Gasteiger charge is 2.43. The van der Waals surface area contributed by atoms with Crippen molar-refractivity contribution in [2.24, 2.45) is 0 Å². The van der Waals surface area contributed by atoms with Crippen molar-refractivity contribution in [3.63, 3.8) is 0 Å². The molecule has 29 heavy (non-hydrogen) atoms. The summed E-state index contributed by atoms with van der Waals surface area (Å²) in [5.41, 5.74) is -0.378. The van der Waals surface area contributed by atoms with Gasteiger partial charge in [-0.15, -0.1) is 13.2 Å². The Balaban J connectivity index is 2.30. The minimum absolute atomic E-state index is 0.0253. The molecule has 0 aliphatic carbocycles. The number of sulfone groups is 1. The normalized spacial score (nSPS) is 13.2. The number of aromatic nitrogens is 1. The second-order valence-corrected chi connectivity index (χ2v) is 10.3. The average Bonchev–Trinajstić information content (AvgIpc) is 3.02. The lowest BCUT2D eigenvalue weighted by Gasteiger charge is -2.23. The van der Waals surface area contributed by atoms with Crippen LogP contribution in [0.4, 0.5) is 19.0 Å². The number of carbonyl (C=O) groups excluding carboxylic acids is 1. The lowest BCUT2D eigenvalue weighted by atomic mass is 9.93. The van der Waals surface area contributed by atoms with Crippen LogP contribution in [0.25, 0.3) is 0 Å². The molecule has 0 aliphatic rings. The fraction of sp³-hybridized carbons (Fsp3) is 0.444. The number of hydrogen-bond donors (Lipinski definition) is 1. The second-order valence-electron chi connectivity index (χ2n) is 7.82. The van der Waals surface area contributed by atoms with Crippen molar-refractivity contribution < 1.29 is 35.6 Å². The third-order valence-corrected chi connectivity index (χ3v) is 6.46. The van der Waals surface area contributed by atoms with Crippen molar-refractivity contribution >= 4 is 21.6 Å². The number of anilines is 1. The van der Waals surface area contributed by atoms with Gasteiger partial charge in [0.25, 0.3) is 0 Å². The summed E-state index contributed by atoms with van der Waals surface area (Å²) in [4.78, 5) is 12.2. The molecule has 0 fully saturated rings. The maximum Gasteiger partial charge on any atom is 0.573 e. The maximum absolute atomic E-state index is 12.9. The molecule has 11 heteroatoms. The summed E-state index contributed by atoms with van der Waals surface area (Å²) >= 11 is 0. The Morgan fingerprint density at radius 1 is 1.10 bits per heavy atom. The van der Waals surface area contributed by atoms with E-state index in [-0.39, 0.29) is 11.2 Å². The van der Waals surface area contributed by atoms with Crippen LogP contribution in [0.5, 0.6) is 5.75 Å². The number of amides is 1. The predicted molar refractivity (Wildman–Crippen MR) is 98.2 cm³/mol. The van der Waals surface area contributed by atoms with E-state index in [9.17, 15) is 26.4 Å². The van der Waals surface area contributed by atoms with Gasteiger partial charge in [0.2, 0.25) is 5.91 Å². The van der Waals surface area contributed by atoms with Crippen LogP contribution in [0, 0.1) is 0 Å². The number of benzene rings is 1. The van der Waals surface area contributed by atoms with Gasteiger partial charge in [-0.1, -0.05) is 32.0 Å². The van der Waals surface area contributed by atoms with E-state index in [0.29, 0.717) is 11.8 Å². The lowest BCUT2D eigenvalue weighted by molar-refractivity contribution is -0.274. The molecule has 0 radical (unpaired) electrons. The molecular weight excluding hydrogens is 413 g/mol. The number of hydrogen-bond acceptors (Lipinski definition) is 6. The van der Waals surface area contributed by atoms with Gasteiger partial charge < -0.3 is 14.6 Å². The first kappa shape index (κ1) is 22.7.